The van der Waals surface area contributed by atoms with Crippen molar-refractivity contribution in [2.75, 3.05) is 38.2 Å². The number of ether oxygens (including phenoxy) is 1. The van der Waals surface area contributed by atoms with Crippen molar-refractivity contribution >= 4 is 5.69 Å². The van der Waals surface area contributed by atoms with Gasteiger partial charge in [-0.05, 0) is 38.4 Å². The number of piperidine rings is 1. The average Bonchev–Trinajstić information content (AvgIpc) is 2.53. The fourth-order valence-corrected chi connectivity index (χ4v) is 3.78. The van der Waals surface area contributed by atoms with Crippen molar-refractivity contribution < 1.29 is 9.84 Å². The summed E-state index contributed by atoms with van der Waals surface area (Å²) >= 11 is 0. The molecule has 2 heterocycles. The molecule has 4 heteroatoms. The smallest absolute Gasteiger partial charge is 0.126 e. The zero-order valence-electron chi connectivity index (χ0n) is 13.1. The van der Waals surface area contributed by atoms with Crippen LogP contribution in [-0.2, 0) is 0 Å². The molecule has 0 aliphatic carbocycles. The van der Waals surface area contributed by atoms with Gasteiger partial charge in [0.1, 0.15) is 5.75 Å². The maximum absolute atomic E-state index is 10.2. The summed E-state index contributed by atoms with van der Waals surface area (Å²) in [5.41, 5.74) is 2.05. The molecule has 0 bridgehead atoms. The van der Waals surface area contributed by atoms with Crippen LogP contribution in [-0.4, -0.2) is 49.3 Å². The van der Waals surface area contributed by atoms with E-state index in [9.17, 15) is 5.11 Å². The Morgan fingerprint density at radius 1 is 1.24 bits per heavy atom. The van der Waals surface area contributed by atoms with Crippen LogP contribution < -0.4 is 9.64 Å². The summed E-state index contributed by atoms with van der Waals surface area (Å²) < 4.78 is 5.45. The van der Waals surface area contributed by atoms with Gasteiger partial charge in [-0.2, -0.15) is 0 Å². The lowest BCUT2D eigenvalue weighted by Gasteiger charge is -2.45. The van der Waals surface area contributed by atoms with Gasteiger partial charge in [0.15, 0.2) is 0 Å². The molecule has 1 unspecified atom stereocenters. The molecular weight excluding hydrogens is 264 g/mol. The second kappa shape index (κ2) is 6.24. The van der Waals surface area contributed by atoms with Crippen LogP contribution in [0.3, 0.4) is 0 Å². The number of piperazine rings is 1. The van der Waals surface area contributed by atoms with Crippen molar-refractivity contribution in [3.8, 4) is 5.75 Å². The summed E-state index contributed by atoms with van der Waals surface area (Å²) in [5, 5.41) is 10.2. The van der Waals surface area contributed by atoms with E-state index in [1.807, 2.05) is 19.1 Å². The number of anilines is 1. The number of aliphatic hydroxyl groups excluding tert-OH is 1. The molecule has 0 spiro atoms. The lowest BCUT2D eigenvalue weighted by Crippen LogP contribution is -2.55. The Bertz CT molecular complexity index is 490. The molecule has 2 aliphatic heterocycles. The summed E-state index contributed by atoms with van der Waals surface area (Å²) in [4.78, 5) is 5.05. The van der Waals surface area contributed by atoms with E-state index < -0.39 is 6.10 Å². The van der Waals surface area contributed by atoms with Gasteiger partial charge < -0.3 is 14.7 Å². The molecule has 0 radical (unpaired) electrons. The molecule has 116 valence electrons. The molecule has 21 heavy (non-hydrogen) atoms. The SMILES string of the molecule is COc1cccc(N2CCN3CCCCC3C2)c1[C@H](C)O. The Labute approximate surface area is 127 Å². The van der Waals surface area contributed by atoms with E-state index in [-0.39, 0.29) is 0 Å². The van der Waals surface area contributed by atoms with E-state index in [0.29, 0.717) is 6.04 Å². The van der Waals surface area contributed by atoms with Crippen molar-refractivity contribution in [2.45, 2.75) is 38.3 Å². The van der Waals surface area contributed by atoms with E-state index in [1.165, 1.54) is 25.8 Å². The highest BCUT2D eigenvalue weighted by atomic mass is 16.5. The monoisotopic (exact) mass is 290 g/mol. The van der Waals surface area contributed by atoms with Gasteiger partial charge in [-0.15, -0.1) is 0 Å². The van der Waals surface area contributed by atoms with Crippen LogP contribution >= 0.6 is 0 Å². The Balaban J connectivity index is 1.86. The van der Waals surface area contributed by atoms with Crippen molar-refractivity contribution in [2.24, 2.45) is 0 Å². The van der Waals surface area contributed by atoms with E-state index in [1.54, 1.807) is 7.11 Å². The maximum atomic E-state index is 10.2. The van der Waals surface area contributed by atoms with Crippen molar-refractivity contribution in [3.05, 3.63) is 23.8 Å². The van der Waals surface area contributed by atoms with Crippen molar-refractivity contribution in [3.63, 3.8) is 0 Å². The van der Waals surface area contributed by atoms with E-state index in [0.717, 1.165) is 36.6 Å². The summed E-state index contributed by atoms with van der Waals surface area (Å²) in [6, 6.07) is 6.74. The summed E-state index contributed by atoms with van der Waals surface area (Å²) in [6.45, 7) is 6.29. The van der Waals surface area contributed by atoms with E-state index in [2.05, 4.69) is 15.9 Å². The molecule has 1 aromatic carbocycles. The van der Waals surface area contributed by atoms with Gasteiger partial charge in [-0.25, -0.2) is 0 Å². The predicted molar refractivity (Wildman–Crippen MR) is 85.1 cm³/mol. The first-order valence-corrected chi connectivity index (χ1v) is 8.04. The Morgan fingerprint density at radius 2 is 2.10 bits per heavy atom. The van der Waals surface area contributed by atoms with Crippen LogP contribution in [0.2, 0.25) is 0 Å². The van der Waals surface area contributed by atoms with Crippen LogP contribution in [0.25, 0.3) is 0 Å². The Kier molecular flexibility index (Phi) is 4.36. The summed E-state index contributed by atoms with van der Waals surface area (Å²) in [6.07, 6.45) is 3.47. The van der Waals surface area contributed by atoms with Gasteiger partial charge in [-0.3, -0.25) is 4.90 Å². The third kappa shape index (κ3) is 2.87. The first-order chi connectivity index (χ1) is 10.2. The third-order valence-electron chi connectivity index (χ3n) is 4.86. The van der Waals surface area contributed by atoms with Gasteiger partial charge in [0.05, 0.1) is 13.2 Å². The highest BCUT2D eigenvalue weighted by Gasteiger charge is 2.30. The third-order valence-corrected chi connectivity index (χ3v) is 4.86. The Morgan fingerprint density at radius 3 is 2.86 bits per heavy atom. The average molecular weight is 290 g/mol. The summed E-state index contributed by atoms with van der Waals surface area (Å²) in [7, 11) is 1.67. The molecule has 1 aromatic rings. The first-order valence-electron chi connectivity index (χ1n) is 8.04. The van der Waals surface area contributed by atoms with Gasteiger partial charge in [0.25, 0.3) is 0 Å². The topological polar surface area (TPSA) is 35.9 Å². The zero-order valence-corrected chi connectivity index (χ0v) is 13.1. The molecule has 2 aliphatic rings. The zero-order chi connectivity index (χ0) is 14.8. The minimum Gasteiger partial charge on any atom is -0.496 e. The van der Waals surface area contributed by atoms with Gasteiger partial charge in [0.2, 0.25) is 0 Å². The number of hydrogen-bond acceptors (Lipinski definition) is 4. The first kappa shape index (κ1) is 14.7. The number of hydrogen-bond donors (Lipinski definition) is 1. The van der Waals surface area contributed by atoms with Crippen LogP contribution in [0.1, 0.15) is 37.9 Å². The Hall–Kier alpha value is -1.26. The maximum Gasteiger partial charge on any atom is 0.126 e. The van der Waals surface area contributed by atoms with Crippen LogP contribution in [0.4, 0.5) is 5.69 Å². The van der Waals surface area contributed by atoms with Gasteiger partial charge >= 0.3 is 0 Å². The minimum absolute atomic E-state index is 0.513. The van der Waals surface area contributed by atoms with E-state index in [4.69, 9.17) is 4.74 Å². The normalized spacial score (nSPS) is 24.5. The second-order valence-corrected chi connectivity index (χ2v) is 6.20. The predicted octanol–water partition coefficient (Wildman–Crippen LogP) is 2.42. The highest BCUT2D eigenvalue weighted by molar-refractivity contribution is 5.60. The van der Waals surface area contributed by atoms with E-state index >= 15 is 0 Å². The highest BCUT2D eigenvalue weighted by Crippen LogP contribution is 2.36. The van der Waals surface area contributed by atoms with Crippen LogP contribution in [0, 0.1) is 0 Å². The molecule has 4 nitrogen and oxygen atoms in total. The number of nitrogens with zero attached hydrogens (tertiary/aromatic N) is 2. The van der Waals surface area contributed by atoms with Gasteiger partial charge in [-0.1, -0.05) is 12.5 Å². The quantitative estimate of drug-likeness (QED) is 0.927. The summed E-state index contributed by atoms with van der Waals surface area (Å²) in [5.74, 6) is 0.786. The van der Waals surface area contributed by atoms with Crippen molar-refractivity contribution in [1.82, 2.24) is 4.90 Å². The molecular formula is C17H26N2O2. The molecule has 0 saturated carbocycles. The number of rotatable bonds is 3. The minimum atomic E-state index is -0.513. The molecule has 3 rings (SSSR count). The number of aliphatic hydroxyl groups is 1. The largest absolute Gasteiger partial charge is 0.496 e. The lowest BCUT2D eigenvalue weighted by molar-refractivity contribution is 0.133. The molecule has 2 atom stereocenters. The van der Waals surface area contributed by atoms with Gasteiger partial charge in [0, 0.05) is 36.9 Å². The fraction of sp³-hybridized carbons (Fsp3) is 0.647. The van der Waals surface area contributed by atoms with Crippen molar-refractivity contribution in [1.29, 1.82) is 0 Å². The molecule has 0 aromatic heterocycles. The second-order valence-electron chi connectivity index (χ2n) is 6.20. The van der Waals surface area contributed by atoms with Crippen LogP contribution in [0.15, 0.2) is 18.2 Å². The number of benzene rings is 1. The number of methoxy groups -OCH3 is 1. The molecule has 2 saturated heterocycles. The lowest BCUT2D eigenvalue weighted by atomic mass is 9.98. The molecule has 1 N–H and O–H groups in total. The number of fused-ring (bicyclic) bond motifs is 1. The fourth-order valence-electron chi connectivity index (χ4n) is 3.78. The molecule has 2 fully saturated rings. The molecule has 0 amide bonds. The standard InChI is InChI=1S/C17H26N2O2/c1-13(20)17-15(7-5-8-16(17)21-2)19-11-10-18-9-4-3-6-14(18)12-19/h5,7-8,13-14,20H,3-4,6,9-12H2,1-2H3/t13-,14?/m0/s1. The van der Waals surface area contributed by atoms with Crippen LogP contribution in [0.5, 0.6) is 5.75 Å².